The van der Waals surface area contributed by atoms with Crippen molar-refractivity contribution in [2.45, 2.75) is 37.5 Å². The molecule has 26 heavy (non-hydrogen) atoms. The number of aryl methyl sites for hydroxylation is 1. The van der Waals surface area contributed by atoms with E-state index in [9.17, 15) is 4.79 Å². The van der Waals surface area contributed by atoms with Crippen molar-refractivity contribution in [2.24, 2.45) is 0 Å². The normalized spacial score (nSPS) is 25.8. The number of rotatable bonds is 5. The van der Waals surface area contributed by atoms with Gasteiger partial charge in [0.1, 0.15) is 5.76 Å². The monoisotopic (exact) mass is 375 g/mol. The number of nitrogens with one attached hydrogen (secondary N) is 1. The molecule has 2 fully saturated rings. The predicted octanol–water partition coefficient (Wildman–Crippen LogP) is 2.59. The molecule has 6 nitrogen and oxygen atoms in total. The van der Waals surface area contributed by atoms with E-state index < -0.39 is 0 Å². The first-order valence-electron chi connectivity index (χ1n) is 8.98. The molecule has 3 heterocycles. The molecule has 3 atom stereocenters. The van der Waals surface area contributed by atoms with Crippen molar-refractivity contribution in [1.82, 2.24) is 15.4 Å². The predicted molar refractivity (Wildman–Crippen MR) is 96.9 cm³/mol. The number of halogens is 1. The molecule has 138 valence electrons. The summed E-state index contributed by atoms with van der Waals surface area (Å²) in [7, 11) is 0. The van der Waals surface area contributed by atoms with Gasteiger partial charge in [-0.25, -0.2) is 0 Å². The SMILES string of the molecule is O=C(CCc1cc(Cl)no1)N[C@H]1C[C@H]2CO[C@@H](c3ccccc3)CN2C1. The molecule has 1 aromatic carbocycles. The van der Waals surface area contributed by atoms with Crippen LogP contribution in [-0.4, -0.2) is 47.7 Å². The number of hydrogen-bond acceptors (Lipinski definition) is 5. The Morgan fingerprint density at radius 2 is 2.15 bits per heavy atom. The van der Waals surface area contributed by atoms with E-state index in [-0.39, 0.29) is 18.1 Å². The summed E-state index contributed by atoms with van der Waals surface area (Å²) in [6, 6.07) is 12.5. The summed E-state index contributed by atoms with van der Waals surface area (Å²) >= 11 is 5.72. The minimum Gasteiger partial charge on any atom is -0.371 e. The second kappa shape index (κ2) is 7.78. The smallest absolute Gasteiger partial charge is 0.220 e. The van der Waals surface area contributed by atoms with Crippen LogP contribution in [-0.2, 0) is 16.0 Å². The van der Waals surface area contributed by atoms with Gasteiger partial charge in [-0.15, -0.1) is 0 Å². The molecule has 1 N–H and O–H groups in total. The van der Waals surface area contributed by atoms with Gasteiger partial charge in [0.05, 0.1) is 12.7 Å². The number of carbonyl (C=O) groups excluding carboxylic acids is 1. The largest absolute Gasteiger partial charge is 0.371 e. The van der Waals surface area contributed by atoms with Gasteiger partial charge in [-0.05, 0) is 12.0 Å². The summed E-state index contributed by atoms with van der Waals surface area (Å²) in [6.45, 7) is 2.46. The maximum atomic E-state index is 12.2. The first-order valence-corrected chi connectivity index (χ1v) is 9.36. The van der Waals surface area contributed by atoms with E-state index in [1.165, 1.54) is 5.56 Å². The topological polar surface area (TPSA) is 67.6 Å². The van der Waals surface area contributed by atoms with Crippen LogP contribution in [0.2, 0.25) is 5.15 Å². The summed E-state index contributed by atoms with van der Waals surface area (Å²) in [5, 5.41) is 7.07. The molecule has 0 aliphatic carbocycles. The van der Waals surface area contributed by atoms with Crippen LogP contribution < -0.4 is 5.32 Å². The lowest BCUT2D eigenvalue weighted by Gasteiger charge is -2.35. The number of aromatic nitrogens is 1. The van der Waals surface area contributed by atoms with Crippen LogP contribution in [0.5, 0.6) is 0 Å². The lowest BCUT2D eigenvalue weighted by Crippen LogP contribution is -2.43. The summed E-state index contributed by atoms with van der Waals surface area (Å²) in [4.78, 5) is 14.6. The van der Waals surface area contributed by atoms with Crippen LogP contribution in [0.1, 0.15) is 30.3 Å². The third kappa shape index (κ3) is 4.09. The Kier molecular flexibility index (Phi) is 5.24. The molecule has 2 saturated heterocycles. The number of ether oxygens (including phenoxy) is 1. The highest BCUT2D eigenvalue weighted by Gasteiger charge is 2.38. The van der Waals surface area contributed by atoms with Crippen LogP contribution in [0, 0.1) is 0 Å². The van der Waals surface area contributed by atoms with Crippen molar-refractivity contribution < 1.29 is 14.1 Å². The highest BCUT2D eigenvalue weighted by molar-refractivity contribution is 6.29. The molecule has 4 rings (SSSR count). The molecule has 0 saturated carbocycles. The second-order valence-corrected chi connectivity index (χ2v) is 7.34. The minimum absolute atomic E-state index is 0.0305. The Morgan fingerprint density at radius 3 is 2.92 bits per heavy atom. The molecule has 0 spiro atoms. The summed E-state index contributed by atoms with van der Waals surface area (Å²) in [5.74, 6) is 0.663. The minimum atomic E-state index is 0.0305. The van der Waals surface area contributed by atoms with Gasteiger partial charge in [-0.1, -0.05) is 47.1 Å². The van der Waals surface area contributed by atoms with Crippen molar-refractivity contribution in [3.05, 3.63) is 52.9 Å². The zero-order chi connectivity index (χ0) is 17.9. The number of morpholine rings is 1. The van der Waals surface area contributed by atoms with Gasteiger partial charge in [0.2, 0.25) is 5.91 Å². The van der Waals surface area contributed by atoms with Gasteiger partial charge in [0.15, 0.2) is 5.15 Å². The van der Waals surface area contributed by atoms with Crippen LogP contribution in [0.15, 0.2) is 40.9 Å². The van der Waals surface area contributed by atoms with E-state index in [0.29, 0.717) is 36.4 Å². The van der Waals surface area contributed by atoms with E-state index in [1.54, 1.807) is 6.07 Å². The van der Waals surface area contributed by atoms with Gasteiger partial charge in [-0.2, -0.15) is 0 Å². The fraction of sp³-hybridized carbons (Fsp3) is 0.474. The Morgan fingerprint density at radius 1 is 1.31 bits per heavy atom. The molecule has 7 heteroatoms. The zero-order valence-corrected chi connectivity index (χ0v) is 15.2. The fourth-order valence-corrected chi connectivity index (χ4v) is 3.95. The second-order valence-electron chi connectivity index (χ2n) is 6.96. The number of amides is 1. The Hall–Kier alpha value is -1.89. The maximum absolute atomic E-state index is 12.2. The molecular formula is C19H22ClN3O3. The van der Waals surface area contributed by atoms with E-state index >= 15 is 0 Å². The summed E-state index contributed by atoms with van der Waals surface area (Å²) in [5.41, 5.74) is 1.21. The highest BCUT2D eigenvalue weighted by atomic mass is 35.5. The van der Waals surface area contributed by atoms with Crippen LogP contribution in [0.3, 0.4) is 0 Å². The average molecular weight is 376 g/mol. The number of nitrogens with zero attached hydrogens (tertiary/aromatic N) is 2. The third-order valence-electron chi connectivity index (χ3n) is 5.08. The Labute approximate surface area is 157 Å². The molecular weight excluding hydrogens is 354 g/mol. The van der Waals surface area contributed by atoms with E-state index in [2.05, 4.69) is 27.5 Å². The first kappa shape index (κ1) is 17.5. The van der Waals surface area contributed by atoms with Crippen LogP contribution in [0.4, 0.5) is 0 Å². The van der Waals surface area contributed by atoms with Crippen molar-refractivity contribution in [3.8, 4) is 0 Å². The number of hydrogen-bond donors (Lipinski definition) is 1. The van der Waals surface area contributed by atoms with E-state index in [1.807, 2.05) is 18.2 Å². The van der Waals surface area contributed by atoms with Gasteiger partial charge in [0.25, 0.3) is 0 Å². The average Bonchev–Trinajstić information content (AvgIpc) is 3.25. The molecule has 1 aromatic heterocycles. The van der Waals surface area contributed by atoms with Crippen LogP contribution >= 0.6 is 11.6 Å². The third-order valence-corrected chi connectivity index (χ3v) is 5.26. The molecule has 0 unspecified atom stereocenters. The number of carbonyl (C=O) groups is 1. The molecule has 2 aliphatic rings. The van der Waals surface area contributed by atoms with E-state index in [0.717, 1.165) is 19.5 Å². The number of benzene rings is 1. The zero-order valence-electron chi connectivity index (χ0n) is 14.4. The molecule has 0 bridgehead atoms. The standard InChI is InChI=1S/C19H22ClN3O3/c20-18-9-16(26-22-18)6-7-19(24)21-14-8-15-12-25-17(11-23(15)10-14)13-4-2-1-3-5-13/h1-5,9,14-15,17H,6-8,10-12H2,(H,21,24)/t14-,15-,17+/m0/s1. The van der Waals surface area contributed by atoms with Gasteiger partial charge < -0.3 is 14.6 Å². The molecule has 2 aliphatic heterocycles. The lowest BCUT2D eigenvalue weighted by molar-refractivity contribution is -0.121. The Bertz CT molecular complexity index is 751. The highest BCUT2D eigenvalue weighted by Crippen LogP contribution is 2.30. The molecule has 2 aromatic rings. The van der Waals surface area contributed by atoms with Crippen molar-refractivity contribution >= 4 is 17.5 Å². The fourth-order valence-electron chi connectivity index (χ4n) is 3.79. The van der Waals surface area contributed by atoms with Crippen molar-refractivity contribution in [2.75, 3.05) is 19.7 Å². The summed E-state index contributed by atoms with van der Waals surface area (Å²) < 4.78 is 11.1. The quantitative estimate of drug-likeness (QED) is 0.870. The van der Waals surface area contributed by atoms with Gasteiger partial charge >= 0.3 is 0 Å². The van der Waals surface area contributed by atoms with Crippen molar-refractivity contribution in [1.29, 1.82) is 0 Å². The number of fused-ring (bicyclic) bond motifs is 1. The van der Waals surface area contributed by atoms with Crippen LogP contribution in [0.25, 0.3) is 0 Å². The Balaban J connectivity index is 1.26. The lowest BCUT2D eigenvalue weighted by atomic mass is 10.1. The maximum Gasteiger partial charge on any atom is 0.220 e. The van der Waals surface area contributed by atoms with Gasteiger partial charge in [-0.3, -0.25) is 9.69 Å². The summed E-state index contributed by atoms with van der Waals surface area (Å²) in [6.07, 6.45) is 1.92. The van der Waals surface area contributed by atoms with Crippen molar-refractivity contribution in [3.63, 3.8) is 0 Å². The molecule has 0 radical (unpaired) electrons. The molecule has 1 amide bonds. The first-order chi connectivity index (χ1) is 12.7. The van der Waals surface area contributed by atoms with E-state index in [4.69, 9.17) is 20.9 Å². The van der Waals surface area contributed by atoms with Gasteiger partial charge in [0, 0.05) is 44.1 Å².